The van der Waals surface area contributed by atoms with Crippen LogP contribution in [0, 0.1) is 0 Å². The minimum Gasteiger partial charge on any atom is -0.313 e. The lowest BCUT2D eigenvalue weighted by Gasteiger charge is -2.16. The van der Waals surface area contributed by atoms with Crippen molar-refractivity contribution < 1.29 is 8.42 Å². The van der Waals surface area contributed by atoms with Crippen LogP contribution >= 0.6 is 27.3 Å². The topological polar surface area (TPSA) is 46.2 Å². The number of halogens is 1. The van der Waals surface area contributed by atoms with Crippen molar-refractivity contribution in [2.24, 2.45) is 0 Å². The molecule has 0 aliphatic heterocycles. The maximum atomic E-state index is 11.6. The second kappa shape index (κ2) is 6.39. The number of hydrogen-bond donors (Lipinski definition) is 1. The normalized spacial score (nSPS) is 13.3. The summed E-state index contributed by atoms with van der Waals surface area (Å²) in [4.78, 5) is 1.61. The quantitative estimate of drug-likeness (QED) is 0.873. The highest BCUT2D eigenvalue weighted by Crippen LogP contribution is 2.27. The van der Waals surface area contributed by atoms with E-state index in [4.69, 9.17) is 0 Å². The first-order valence-corrected chi connectivity index (χ1v) is 9.62. The van der Waals surface area contributed by atoms with E-state index < -0.39 is 9.84 Å². The first-order valence-electron chi connectivity index (χ1n) is 6.11. The van der Waals surface area contributed by atoms with E-state index in [-0.39, 0.29) is 6.04 Å². The molecule has 0 saturated carbocycles. The second-order valence-corrected chi connectivity index (χ2v) is 9.16. The van der Waals surface area contributed by atoms with Crippen molar-refractivity contribution in [3.63, 3.8) is 0 Å². The molecule has 3 nitrogen and oxygen atoms in total. The summed E-state index contributed by atoms with van der Waals surface area (Å²) in [5.41, 5.74) is 0.986. The van der Waals surface area contributed by atoms with Gasteiger partial charge in [-0.3, -0.25) is 0 Å². The molecular weight excluding hydrogens is 358 g/mol. The zero-order chi connectivity index (χ0) is 14.8. The fraction of sp³-hybridized carbons (Fsp3) is 0.286. The van der Waals surface area contributed by atoms with Crippen molar-refractivity contribution in [3.05, 3.63) is 50.6 Å². The van der Waals surface area contributed by atoms with Crippen LogP contribution in [0.2, 0.25) is 0 Å². The predicted molar refractivity (Wildman–Crippen MR) is 87.1 cm³/mol. The van der Waals surface area contributed by atoms with Crippen molar-refractivity contribution in [2.75, 3.05) is 13.3 Å². The summed E-state index contributed by atoms with van der Waals surface area (Å²) in [5, 5.41) is 3.25. The average molecular weight is 374 g/mol. The minimum absolute atomic E-state index is 0.0993. The third-order valence-corrected chi connectivity index (χ3v) is 5.83. The Bertz CT molecular complexity index is 695. The summed E-state index contributed by atoms with van der Waals surface area (Å²) in [6, 6.07) is 11.3. The van der Waals surface area contributed by atoms with Gasteiger partial charge in [-0.2, -0.15) is 0 Å². The molecule has 0 aliphatic rings. The zero-order valence-corrected chi connectivity index (χ0v) is 14.5. The van der Waals surface area contributed by atoms with Gasteiger partial charge in [-0.25, -0.2) is 8.42 Å². The fourth-order valence-corrected chi connectivity index (χ4v) is 4.22. The average Bonchev–Trinajstić information content (AvgIpc) is 2.81. The monoisotopic (exact) mass is 373 g/mol. The summed E-state index contributed by atoms with van der Waals surface area (Å²) in [5.74, 6) is 0. The maximum absolute atomic E-state index is 11.6. The van der Waals surface area contributed by atoms with Gasteiger partial charge < -0.3 is 5.32 Å². The van der Waals surface area contributed by atoms with Gasteiger partial charge in [0, 0.05) is 23.6 Å². The van der Waals surface area contributed by atoms with E-state index in [1.807, 2.05) is 19.2 Å². The third-order valence-electron chi connectivity index (χ3n) is 3.07. The number of thiophene rings is 1. The maximum Gasteiger partial charge on any atom is 0.175 e. The smallest absolute Gasteiger partial charge is 0.175 e. The van der Waals surface area contributed by atoms with Gasteiger partial charge in [0.05, 0.1) is 8.68 Å². The summed E-state index contributed by atoms with van der Waals surface area (Å²) >= 11 is 5.15. The lowest BCUT2D eigenvalue weighted by Crippen LogP contribution is -2.18. The Hall–Kier alpha value is -0.690. The molecule has 2 rings (SSSR count). The van der Waals surface area contributed by atoms with E-state index in [0.29, 0.717) is 4.90 Å². The molecule has 0 saturated heterocycles. The van der Waals surface area contributed by atoms with Gasteiger partial charge >= 0.3 is 0 Å². The lowest BCUT2D eigenvalue weighted by molar-refractivity contribution is 0.590. The molecule has 108 valence electrons. The number of hydrogen-bond acceptors (Lipinski definition) is 4. The van der Waals surface area contributed by atoms with E-state index in [1.54, 1.807) is 29.5 Å². The third kappa shape index (κ3) is 3.91. The summed E-state index contributed by atoms with van der Waals surface area (Å²) in [7, 11) is -1.28. The highest BCUT2D eigenvalue weighted by Gasteiger charge is 2.14. The Morgan fingerprint density at radius 2 is 2.05 bits per heavy atom. The molecule has 1 aromatic carbocycles. The van der Waals surface area contributed by atoms with Gasteiger partial charge in [0.15, 0.2) is 9.84 Å². The van der Waals surface area contributed by atoms with Crippen molar-refractivity contribution in [3.8, 4) is 0 Å². The SMILES string of the molecule is CNC(Cc1ccc(Br)s1)c1cccc(S(C)(=O)=O)c1. The van der Waals surface area contributed by atoms with Gasteiger partial charge in [-0.15, -0.1) is 11.3 Å². The van der Waals surface area contributed by atoms with Crippen LogP contribution < -0.4 is 5.32 Å². The molecule has 6 heteroatoms. The molecule has 20 heavy (non-hydrogen) atoms. The molecule has 0 aliphatic carbocycles. The number of rotatable bonds is 5. The fourth-order valence-electron chi connectivity index (χ4n) is 2.01. The van der Waals surface area contributed by atoms with Crippen LogP contribution in [0.1, 0.15) is 16.5 Å². The molecule has 0 radical (unpaired) electrons. The molecule has 0 amide bonds. The van der Waals surface area contributed by atoms with Gasteiger partial charge in [0.25, 0.3) is 0 Å². The van der Waals surface area contributed by atoms with Crippen molar-refractivity contribution in [1.82, 2.24) is 5.32 Å². The van der Waals surface area contributed by atoms with Crippen LogP contribution in [0.5, 0.6) is 0 Å². The van der Waals surface area contributed by atoms with E-state index in [0.717, 1.165) is 15.8 Å². The highest BCUT2D eigenvalue weighted by atomic mass is 79.9. The van der Waals surface area contributed by atoms with Crippen LogP contribution in [0.4, 0.5) is 0 Å². The van der Waals surface area contributed by atoms with Gasteiger partial charge in [0.1, 0.15) is 0 Å². The van der Waals surface area contributed by atoms with Crippen LogP contribution in [0.15, 0.2) is 45.1 Å². The van der Waals surface area contributed by atoms with Crippen molar-refractivity contribution in [2.45, 2.75) is 17.4 Å². The number of likely N-dealkylation sites (N-methyl/N-ethyl adjacent to an activating group) is 1. The standard InChI is InChI=1S/C14H16BrNO2S2/c1-16-13(9-11-6-7-14(15)19-11)10-4-3-5-12(8-10)20(2,17)18/h3-8,13,16H,9H2,1-2H3. The molecular formula is C14H16BrNO2S2. The summed E-state index contributed by atoms with van der Waals surface area (Å²) in [6.07, 6.45) is 2.07. The Morgan fingerprint density at radius 1 is 1.30 bits per heavy atom. The Kier molecular flexibility index (Phi) is 5.01. The van der Waals surface area contributed by atoms with E-state index >= 15 is 0 Å². The van der Waals surface area contributed by atoms with Crippen LogP contribution in [0.3, 0.4) is 0 Å². The van der Waals surface area contributed by atoms with Gasteiger partial charge in [-0.05, 0) is 52.8 Å². The molecule has 0 fully saturated rings. The van der Waals surface area contributed by atoms with Crippen LogP contribution in [0.25, 0.3) is 0 Å². The number of nitrogens with one attached hydrogen (secondary N) is 1. The summed E-state index contributed by atoms with van der Waals surface area (Å²) < 4.78 is 24.4. The predicted octanol–water partition coefficient (Wildman–Crippen LogP) is 3.42. The molecule has 1 unspecified atom stereocenters. The summed E-state index contributed by atoms with van der Waals surface area (Å²) in [6.45, 7) is 0. The minimum atomic E-state index is -3.17. The van der Waals surface area contributed by atoms with Gasteiger partial charge in [0.2, 0.25) is 0 Å². The van der Waals surface area contributed by atoms with Crippen molar-refractivity contribution in [1.29, 1.82) is 0 Å². The Morgan fingerprint density at radius 3 is 2.60 bits per heavy atom. The Labute approximate surface area is 132 Å². The van der Waals surface area contributed by atoms with E-state index in [1.165, 1.54) is 11.1 Å². The number of sulfone groups is 1. The highest BCUT2D eigenvalue weighted by molar-refractivity contribution is 9.11. The molecule has 2 aromatic rings. The molecule has 1 atom stereocenters. The zero-order valence-electron chi connectivity index (χ0n) is 11.3. The molecule has 0 spiro atoms. The first kappa shape index (κ1) is 15.7. The molecule has 1 N–H and O–H groups in total. The largest absolute Gasteiger partial charge is 0.313 e. The molecule has 1 aromatic heterocycles. The van der Waals surface area contributed by atoms with E-state index in [9.17, 15) is 8.42 Å². The van der Waals surface area contributed by atoms with E-state index in [2.05, 4.69) is 27.3 Å². The van der Waals surface area contributed by atoms with Gasteiger partial charge in [-0.1, -0.05) is 12.1 Å². The molecule has 0 bridgehead atoms. The van der Waals surface area contributed by atoms with Crippen LogP contribution in [-0.2, 0) is 16.3 Å². The first-order chi connectivity index (χ1) is 9.40. The lowest BCUT2D eigenvalue weighted by atomic mass is 10.0. The second-order valence-electron chi connectivity index (χ2n) is 4.60. The van der Waals surface area contributed by atoms with Crippen molar-refractivity contribution >= 4 is 37.1 Å². The molecule has 1 heterocycles. The number of benzene rings is 1. The van der Waals surface area contributed by atoms with Crippen LogP contribution in [-0.4, -0.2) is 21.7 Å². The Balaban J connectivity index is 2.28.